The van der Waals surface area contributed by atoms with E-state index in [1.54, 1.807) is 26.4 Å². The molecule has 0 unspecified atom stereocenters. The van der Waals surface area contributed by atoms with Gasteiger partial charge in [0.1, 0.15) is 5.75 Å². The van der Waals surface area contributed by atoms with Gasteiger partial charge in [0.15, 0.2) is 5.76 Å². The van der Waals surface area contributed by atoms with Crippen LogP contribution in [-0.4, -0.2) is 44.2 Å². The van der Waals surface area contributed by atoms with E-state index in [1.807, 2.05) is 6.07 Å². The number of methoxy groups -OCH3 is 2. The van der Waals surface area contributed by atoms with Crippen molar-refractivity contribution in [3.63, 3.8) is 0 Å². The van der Waals surface area contributed by atoms with E-state index in [0.717, 1.165) is 43.8 Å². The van der Waals surface area contributed by atoms with Gasteiger partial charge in [-0.25, -0.2) is 0 Å². The number of carbonyl (C=O) groups excluding carboxylic acids is 1. The fourth-order valence-electron chi connectivity index (χ4n) is 6.14. The maximum atomic E-state index is 12.9. The molecular weight excluding hydrogens is 440 g/mol. The van der Waals surface area contributed by atoms with Gasteiger partial charge in [0, 0.05) is 19.1 Å². The zero-order chi connectivity index (χ0) is 24.6. The molecule has 1 spiro atoms. The minimum absolute atomic E-state index is 0.131. The van der Waals surface area contributed by atoms with E-state index in [0.29, 0.717) is 5.76 Å². The molecule has 3 aromatic rings. The van der Waals surface area contributed by atoms with Crippen LogP contribution < -0.4 is 10.1 Å². The van der Waals surface area contributed by atoms with Gasteiger partial charge in [0.2, 0.25) is 0 Å². The number of hydrogen-bond donors (Lipinski definition) is 1. The highest BCUT2D eigenvalue weighted by Gasteiger charge is 2.54. The summed E-state index contributed by atoms with van der Waals surface area (Å²) in [6.45, 7) is 7.16. The zero-order valence-corrected chi connectivity index (χ0v) is 21.0. The minimum Gasteiger partial charge on any atom is -0.496 e. The average molecular weight is 475 g/mol. The number of carbonyl (C=O) groups is 1. The van der Waals surface area contributed by atoms with E-state index >= 15 is 0 Å². The van der Waals surface area contributed by atoms with Gasteiger partial charge in [0.05, 0.1) is 25.5 Å². The second kappa shape index (κ2) is 9.51. The van der Waals surface area contributed by atoms with Crippen molar-refractivity contribution in [1.82, 2.24) is 10.2 Å². The Labute approximate surface area is 207 Å². The molecule has 6 nitrogen and oxygen atoms in total. The summed E-state index contributed by atoms with van der Waals surface area (Å²) < 4.78 is 17.0. The molecule has 1 aliphatic carbocycles. The number of piperidine rings is 1. The largest absolute Gasteiger partial charge is 0.496 e. The first-order chi connectivity index (χ1) is 17.0. The topological polar surface area (TPSA) is 63.9 Å². The van der Waals surface area contributed by atoms with Gasteiger partial charge in [-0.15, -0.1) is 0 Å². The highest BCUT2D eigenvalue weighted by molar-refractivity contribution is 5.91. The maximum absolute atomic E-state index is 12.9. The van der Waals surface area contributed by atoms with E-state index in [1.165, 1.54) is 28.5 Å². The Morgan fingerprint density at radius 2 is 1.83 bits per heavy atom. The molecule has 1 amide bonds. The van der Waals surface area contributed by atoms with Crippen molar-refractivity contribution in [3.05, 3.63) is 88.4 Å². The van der Waals surface area contributed by atoms with E-state index in [-0.39, 0.29) is 23.5 Å². The highest BCUT2D eigenvalue weighted by Crippen LogP contribution is 2.52. The first-order valence-corrected chi connectivity index (χ1v) is 12.3. The number of ether oxygens (including phenoxy) is 2. The smallest absolute Gasteiger partial charge is 0.287 e. The van der Waals surface area contributed by atoms with Gasteiger partial charge in [-0.3, -0.25) is 9.69 Å². The second-order valence-corrected chi connectivity index (χ2v) is 9.78. The average Bonchev–Trinajstić information content (AvgIpc) is 3.50. The summed E-state index contributed by atoms with van der Waals surface area (Å²) in [5.74, 6) is 1.05. The predicted octanol–water partition coefficient (Wildman–Crippen LogP) is 4.94. The summed E-state index contributed by atoms with van der Waals surface area (Å²) in [5, 5.41) is 3.20. The molecule has 1 saturated heterocycles. The summed E-state index contributed by atoms with van der Waals surface area (Å²) in [7, 11) is 3.49. The van der Waals surface area contributed by atoms with Crippen LogP contribution in [0, 0.1) is 13.8 Å². The van der Waals surface area contributed by atoms with Crippen molar-refractivity contribution < 1.29 is 18.7 Å². The third-order valence-electron chi connectivity index (χ3n) is 8.18. The molecule has 0 radical (unpaired) electrons. The highest BCUT2D eigenvalue weighted by atomic mass is 16.5. The molecule has 6 heteroatoms. The van der Waals surface area contributed by atoms with Gasteiger partial charge in [-0.05, 0) is 85.8 Å². The maximum Gasteiger partial charge on any atom is 0.287 e. The lowest BCUT2D eigenvalue weighted by molar-refractivity contribution is -0.0124. The summed E-state index contributed by atoms with van der Waals surface area (Å²) in [5.41, 5.74) is 6.16. The number of nitrogens with one attached hydrogen (secondary N) is 1. The van der Waals surface area contributed by atoms with E-state index in [4.69, 9.17) is 13.9 Å². The van der Waals surface area contributed by atoms with Crippen molar-refractivity contribution in [1.29, 1.82) is 0 Å². The van der Waals surface area contributed by atoms with E-state index in [2.05, 4.69) is 54.4 Å². The Bertz CT molecular complexity index is 1200. The number of hydrogen-bond acceptors (Lipinski definition) is 5. The van der Waals surface area contributed by atoms with Crippen LogP contribution in [0.25, 0.3) is 0 Å². The first-order valence-electron chi connectivity index (χ1n) is 12.3. The van der Waals surface area contributed by atoms with Gasteiger partial charge in [-0.1, -0.05) is 30.3 Å². The van der Waals surface area contributed by atoms with Crippen molar-refractivity contribution in [2.75, 3.05) is 27.3 Å². The summed E-state index contributed by atoms with van der Waals surface area (Å²) in [6.07, 6.45) is 3.34. The van der Waals surface area contributed by atoms with Crippen LogP contribution in [0.3, 0.4) is 0 Å². The third-order valence-corrected chi connectivity index (χ3v) is 8.18. The van der Waals surface area contributed by atoms with Crippen molar-refractivity contribution in [3.8, 4) is 5.75 Å². The zero-order valence-electron chi connectivity index (χ0n) is 21.0. The SMILES string of the molecule is COc1ccc(CN2CCC3(CC2)c2ccccc2[C@@H](NC(=O)c2ccco2)[C@@H]3OC)c(C)c1C. The Balaban J connectivity index is 1.37. The van der Waals surface area contributed by atoms with E-state index in [9.17, 15) is 4.79 Å². The standard InChI is InChI=1S/C29H34N2O4/c1-19-20(2)24(33-3)12-11-21(19)18-31-15-13-29(14-16-31)23-9-6-5-8-22(23)26(27(29)34-4)30-28(32)25-10-7-17-35-25/h5-12,17,26-27H,13-16,18H2,1-4H3,(H,30,32)/t26-,27+/m1/s1. The van der Waals surface area contributed by atoms with Crippen LogP contribution in [-0.2, 0) is 16.7 Å². The monoisotopic (exact) mass is 474 g/mol. The summed E-state index contributed by atoms with van der Waals surface area (Å²) >= 11 is 0. The number of rotatable bonds is 6. The normalized spacial score (nSPS) is 21.1. The number of furan rings is 1. The Morgan fingerprint density at radius 1 is 1.06 bits per heavy atom. The van der Waals surface area contributed by atoms with Gasteiger partial charge in [-0.2, -0.15) is 0 Å². The number of benzene rings is 2. The van der Waals surface area contributed by atoms with Gasteiger partial charge in [0.25, 0.3) is 5.91 Å². The van der Waals surface area contributed by atoms with Gasteiger partial charge < -0.3 is 19.2 Å². The molecule has 1 N–H and O–H groups in total. The molecule has 2 aromatic carbocycles. The number of likely N-dealkylation sites (tertiary alicyclic amines) is 1. The lowest BCUT2D eigenvalue weighted by Crippen LogP contribution is -2.50. The second-order valence-electron chi connectivity index (χ2n) is 9.78. The van der Waals surface area contributed by atoms with Crippen LogP contribution >= 0.6 is 0 Å². The fraction of sp³-hybridized carbons (Fsp3) is 0.414. The van der Waals surface area contributed by atoms with Crippen LogP contribution in [0.5, 0.6) is 5.75 Å². The molecule has 5 rings (SSSR count). The van der Waals surface area contributed by atoms with Crippen molar-refractivity contribution >= 4 is 5.91 Å². The Morgan fingerprint density at radius 3 is 2.51 bits per heavy atom. The lowest BCUT2D eigenvalue weighted by Gasteiger charge is -2.44. The number of nitrogens with zero attached hydrogens (tertiary/aromatic N) is 1. The Hall–Kier alpha value is -3.09. The van der Waals surface area contributed by atoms with Crippen LogP contribution in [0.1, 0.15) is 57.3 Å². The predicted molar refractivity (Wildman–Crippen MR) is 135 cm³/mol. The molecule has 184 valence electrons. The molecule has 1 aromatic heterocycles. The summed E-state index contributed by atoms with van der Waals surface area (Å²) in [4.78, 5) is 15.4. The molecule has 35 heavy (non-hydrogen) atoms. The lowest BCUT2D eigenvalue weighted by atomic mass is 9.71. The van der Waals surface area contributed by atoms with Crippen LogP contribution in [0.4, 0.5) is 0 Å². The number of amides is 1. The molecule has 2 atom stereocenters. The van der Waals surface area contributed by atoms with E-state index < -0.39 is 0 Å². The van der Waals surface area contributed by atoms with Crippen molar-refractivity contribution in [2.45, 2.75) is 50.8 Å². The molecule has 0 bridgehead atoms. The molecule has 0 saturated carbocycles. The molecule has 1 aliphatic heterocycles. The van der Waals surface area contributed by atoms with Crippen LogP contribution in [0.2, 0.25) is 0 Å². The molecular formula is C29H34N2O4. The molecule has 1 fully saturated rings. The molecule has 2 heterocycles. The Kier molecular flexibility index (Phi) is 6.43. The third kappa shape index (κ3) is 4.05. The summed E-state index contributed by atoms with van der Waals surface area (Å²) in [6, 6.07) is 15.9. The van der Waals surface area contributed by atoms with Gasteiger partial charge >= 0.3 is 0 Å². The number of fused-ring (bicyclic) bond motifs is 2. The first kappa shape index (κ1) is 23.6. The minimum atomic E-state index is -0.216. The molecule has 2 aliphatic rings. The van der Waals surface area contributed by atoms with Crippen LogP contribution in [0.15, 0.2) is 59.2 Å². The quantitative estimate of drug-likeness (QED) is 0.548. The van der Waals surface area contributed by atoms with Crippen molar-refractivity contribution in [2.24, 2.45) is 0 Å². The fourth-order valence-corrected chi connectivity index (χ4v) is 6.14.